The SMILES string of the molecule is CC(=O)CCOCCOCCNC(=O)CCOCCOCCC(C)=O. The number of hydrogen-bond donors (Lipinski definition) is 1. The first-order valence-corrected chi connectivity index (χ1v) is 8.59. The molecule has 8 nitrogen and oxygen atoms in total. The summed E-state index contributed by atoms with van der Waals surface area (Å²) in [6.45, 7) is 6.71. The van der Waals surface area contributed by atoms with Crippen LogP contribution >= 0.6 is 0 Å². The van der Waals surface area contributed by atoms with Gasteiger partial charge in [0.05, 0.1) is 52.9 Å². The topological polar surface area (TPSA) is 100 Å². The fraction of sp³-hybridized carbons (Fsp3) is 0.824. The van der Waals surface area contributed by atoms with Gasteiger partial charge in [-0.15, -0.1) is 0 Å². The van der Waals surface area contributed by atoms with Gasteiger partial charge in [0.2, 0.25) is 5.91 Å². The van der Waals surface area contributed by atoms with E-state index in [-0.39, 0.29) is 23.9 Å². The van der Waals surface area contributed by atoms with Gasteiger partial charge in [0.1, 0.15) is 11.6 Å². The largest absolute Gasteiger partial charge is 0.379 e. The summed E-state index contributed by atoms with van der Waals surface area (Å²) < 4.78 is 21.0. The highest BCUT2D eigenvalue weighted by molar-refractivity contribution is 5.76. The maximum atomic E-state index is 11.5. The molecule has 0 fully saturated rings. The van der Waals surface area contributed by atoms with Gasteiger partial charge in [-0.05, 0) is 13.8 Å². The highest BCUT2D eigenvalue weighted by Crippen LogP contribution is 1.88. The molecular formula is C17H31NO7. The van der Waals surface area contributed by atoms with Gasteiger partial charge in [-0.2, -0.15) is 0 Å². The Kier molecular flexibility index (Phi) is 16.5. The third-order valence-electron chi connectivity index (χ3n) is 2.98. The lowest BCUT2D eigenvalue weighted by molar-refractivity contribution is -0.123. The van der Waals surface area contributed by atoms with Crippen molar-refractivity contribution in [3.8, 4) is 0 Å². The molecule has 8 heteroatoms. The molecule has 0 aromatic carbocycles. The zero-order valence-corrected chi connectivity index (χ0v) is 15.3. The van der Waals surface area contributed by atoms with E-state index in [1.54, 1.807) is 0 Å². The number of carbonyl (C=O) groups is 3. The summed E-state index contributed by atoms with van der Waals surface area (Å²) in [5.41, 5.74) is 0. The van der Waals surface area contributed by atoms with E-state index in [9.17, 15) is 14.4 Å². The van der Waals surface area contributed by atoms with Gasteiger partial charge in [0, 0.05) is 25.8 Å². The maximum Gasteiger partial charge on any atom is 0.222 e. The number of ketones is 2. The Morgan fingerprint density at radius 3 is 1.44 bits per heavy atom. The van der Waals surface area contributed by atoms with E-state index in [1.165, 1.54) is 13.8 Å². The third-order valence-corrected chi connectivity index (χ3v) is 2.98. The summed E-state index contributed by atoms with van der Waals surface area (Å²) in [4.78, 5) is 32.9. The molecule has 0 aliphatic carbocycles. The molecule has 1 amide bonds. The van der Waals surface area contributed by atoms with Crippen LogP contribution in [0.1, 0.15) is 33.1 Å². The zero-order chi connectivity index (χ0) is 18.8. The number of carbonyl (C=O) groups excluding carboxylic acids is 3. The fourth-order valence-corrected chi connectivity index (χ4v) is 1.59. The van der Waals surface area contributed by atoms with E-state index in [4.69, 9.17) is 18.9 Å². The highest BCUT2D eigenvalue weighted by atomic mass is 16.5. The monoisotopic (exact) mass is 361 g/mol. The Morgan fingerprint density at radius 2 is 1.00 bits per heavy atom. The van der Waals surface area contributed by atoms with Gasteiger partial charge < -0.3 is 24.3 Å². The molecular weight excluding hydrogens is 330 g/mol. The smallest absolute Gasteiger partial charge is 0.222 e. The molecule has 146 valence electrons. The van der Waals surface area contributed by atoms with Crippen molar-refractivity contribution >= 4 is 17.5 Å². The number of amides is 1. The van der Waals surface area contributed by atoms with Gasteiger partial charge in [-0.1, -0.05) is 0 Å². The van der Waals surface area contributed by atoms with Gasteiger partial charge in [-0.25, -0.2) is 0 Å². The molecule has 0 bridgehead atoms. The zero-order valence-electron chi connectivity index (χ0n) is 15.3. The van der Waals surface area contributed by atoms with Crippen molar-refractivity contribution < 1.29 is 33.3 Å². The Hall–Kier alpha value is -1.35. The van der Waals surface area contributed by atoms with Crippen molar-refractivity contribution in [2.75, 3.05) is 59.4 Å². The van der Waals surface area contributed by atoms with E-state index in [0.29, 0.717) is 72.2 Å². The van der Waals surface area contributed by atoms with Crippen molar-refractivity contribution in [3.05, 3.63) is 0 Å². The molecule has 0 aromatic rings. The second-order valence-corrected chi connectivity index (χ2v) is 5.45. The number of ether oxygens (including phenoxy) is 4. The number of rotatable bonds is 18. The molecule has 0 atom stereocenters. The Bertz CT molecular complexity index is 374. The summed E-state index contributed by atoms with van der Waals surface area (Å²) in [5.74, 6) is 0.106. The molecule has 25 heavy (non-hydrogen) atoms. The van der Waals surface area contributed by atoms with E-state index >= 15 is 0 Å². The van der Waals surface area contributed by atoms with Crippen LogP contribution in [0.2, 0.25) is 0 Å². The number of hydrogen-bond acceptors (Lipinski definition) is 7. The van der Waals surface area contributed by atoms with Crippen LogP contribution in [-0.4, -0.2) is 76.9 Å². The van der Waals surface area contributed by atoms with Crippen LogP contribution in [-0.2, 0) is 33.3 Å². The van der Waals surface area contributed by atoms with Gasteiger partial charge >= 0.3 is 0 Å². The lowest BCUT2D eigenvalue weighted by Crippen LogP contribution is -2.28. The lowest BCUT2D eigenvalue weighted by Gasteiger charge is -2.08. The molecule has 1 N–H and O–H groups in total. The van der Waals surface area contributed by atoms with Crippen LogP contribution in [0.3, 0.4) is 0 Å². The molecule has 0 aromatic heterocycles. The Labute approximate surface area is 149 Å². The van der Waals surface area contributed by atoms with E-state index in [2.05, 4.69) is 5.32 Å². The van der Waals surface area contributed by atoms with Crippen molar-refractivity contribution in [1.29, 1.82) is 0 Å². The predicted octanol–water partition coefficient (Wildman–Crippen LogP) is 0.517. The lowest BCUT2D eigenvalue weighted by atomic mass is 10.3. The van der Waals surface area contributed by atoms with Crippen molar-refractivity contribution in [1.82, 2.24) is 5.32 Å². The summed E-state index contributed by atoms with van der Waals surface area (Å²) in [7, 11) is 0. The van der Waals surface area contributed by atoms with Gasteiger partial charge in [0.15, 0.2) is 0 Å². The minimum Gasteiger partial charge on any atom is -0.379 e. The van der Waals surface area contributed by atoms with Gasteiger partial charge in [-0.3, -0.25) is 14.4 Å². The van der Waals surface area contributed by atoms with Crippen LogP contribution in [0.25, 0.3) is 0 Å². The molecule has 0 aliphatic heterocycles. The minimum absolute atomic E-state index is 0.0983. The normalized spacial score (nSPS) is 10.6. The molecule has 0 saturated carbocycles. The molecule has 0 radical (unpaired) electrons. The standard InChI is InChI=1S/C17H31NO7/c1-15(19)3-7-22-11-12-24-9-5-17(21)18-6-10-25-14-13-23-8-4-16(2)20/h3-14H2,1-2H3,(H,18,21). The molecule has 0 rings (SSSR count). The number of Topliss-reactive ketones (excluding diaryl/α,β-unsaturated/α-hetero) is 2. The van der Waals surface area contributed by atoms with Crippen molar-refractivity contribution in [2.24, 2.45) is 0 Å². The second-order valence-electron chi connectivity index (χ2n) is 5.45. The first-order valence-electron chi connectivity index (χ1n) is 8.59. The summed E-state index contributed by atoms with van der Waals surface area (Å²) in [5, 5.41) is 2.73. The van der Waals surface area contributed by atoms with Crippen LogP contribution in [0.5, 0.6) is 0 Å². The third kappa shape index (κ3) is 20.6. The summed E-state index contributed by atoms with van der Waals surface area (Å²) in [6.07, 6.45) is 1.11. The van der Waals surface area contributed by atoms with E-state index in [0.717, 1.165) is 0 Å². The highest BCUT2D eigenvalue weighted by Gasteiger charge is 2.01. The molecule has 0 heterocycles. The first-order chi connectivity index (χ1) is 12.0. The average Bonchev–Trinajstić information content (AvgIpc) is 2.55. The average molecular weight is 361 g/mol. The predicted molar refractivity (Wildman–Crippen MR) is 91.5 cm³/mol. The minimum atomic E-state index is -0.0983. The van der Waals surface area contributed by atoms with Crippen LogP contribution in [0, 0.1) is 0 Å². The summed E-state index contributed by atoms with van der Waals surface area (Å²) in [6, 6.07) is 0. The van der Waals surface area contributed by atoms with Crippen molar-refractivity contribution in [3.63, 3.8) is 0 Å². The van der Waals surface area contributed by atoms with Crippen molar-refractivity contribution in [2.45, 2.75) is 33.1 Å². The maximum absolute atomic E-state index is 11.5. The second kappa shape index (κ2) is 17.5. The Morgan fingerprint density at radius 1 is 0.600 bits per heavy atom. The van der Waals surface area contributed by atoms with E-state index in [1.807, 2.05) is 0 Å². The molecule has 0 aliphatic rings. The summed E-state index contributed by atoms with van der Waals surface area (Å²) >= 11 is 0. The molecule has 0 unspecified atom stereocenters. The first kappa shape index (κ1) is 23.6. The molecule has 0 spiro atoms. The van der Waals surface area contributed by atoms with Crippen LogP contribution in [0.4, 0.5) is 0 Å². The van der Waals surface area contributed by atoms with E-state index < -0.39 is 0 Å². The fourth-order valence-electron chi connectivity index (χ4n) is 1.59. The van der Waals surface area contributed by atoms with Gasteiger partial charge in [0.25, 0.3) is 0 Å². The molecule has 0 saturated heterocycles. The van der Waals surface area contributed by atoms with Crippen LogP contribution in [0.15, 0.2) is 0 Å². The number of nitrogens with one attached hydrogen (secondary N) is 1. The van der Waals surface area contributed by atoms with Crippen LogP contribution < -0.4 is 5.32 Å². The quantitative estimate of drug-likeness (QED) is 0.355. The Balaban J connectivity index is 3.20.